The molecule has 0 spiro atoms. The quantitative estimate of drug-likeness (QED) is 0.0317. The molecule has 45 heavy (non-hydrogen) atoms. The highest BCUT2D eigenvalue weighted by atomic mass is 32.2. The summed E-state index contributed by atoms with van der Waals surface area (Å²) in [6.07, 6.45) is 35.3. The molecule has 3 unspecified atom stereocenters. The van der Waals surface area contributed by atoms with Crippen molar-refractivity contribution in [2.24, 2.45) is 0 Å². The van der Waals surface area contributed by atoms with Gasteiger partial charge in [-0.25, -0.2) is 0 Å². The minimum atomic E-state index is -4.44. The van der Waals surface area contributed by atoms with Gasteiger partial charge in [0.25, 0.3) is 10.1 Å². The summed E-state index contributed by atoms with van der Waals surface area (Å²) in [5, 5.41) is 23.2. The Bertz CT molecular complexity index is 829. The minimum absolute atomic E-state index is 0.278. The Hall–Kier alpha value is -1.22. The number of nitrogens with one attached hydrogen (secondary N) is 1. The summed E-state index contributed by atoms with van der Waals surface area (Å²) >= 11 is 0. The van der Waals surface area contributed by atoms with Crippen LogP contribution >= 0.6 is 0 Å². The van der Waals surface area contributed by atoms with Gasteiger partial charge in [-0.1, -0.05) is 173 Å². The van der Waals surface area contributed by atoms with Crippen LogP contribution in [-0.2, 0) is 14.9 Å². The largest absolute Gasteiger partial charge is 0.387 e. The Morgan fingerprint density at radius 1 is 0.600 bits per heavy atom. The highest BCUT2D eigenvalue weighted by Crippen LogP contribution is 2.15. The fourth-order valence-electron chi connectivity index (χ4n) is 5.59. The SMILES string of the molecule is CCCCCCC/C=C/CC/C=C/C(O)C(CS(=O)(=O)O)NC(=O)C(O)CCCCCCCCCCCCCCCCCCC. The maximum absolute atomic E-state index is 12.5. The van der Waals surface area contributed by atoms with Gasteiger partial charge < -0.3 is 15.5 Å². The lowest BCUT2D eigenvalue weighted by molar-refractivity contribution is -0.130. The molecule has 0 bridgehead atoms. The average Bonchev–Trinajstić information content (AvgIpc) is 3.00. The van der Waals surface area contributed by atoms with Crippen LogP contribution in [0, 0.1) is 0 Å². The molecule has 1 amide bonds. The second kappa shape index (κ2) is 31.4. The van der Waals surface area contributed by atoms with Crippen LogP contribution in [0.1, 0.15) is 181 Å². The van der Waals surface area contributed by atoms with E-state index in [1.807, 2.05) is 0 Å². The standard InChI is InChI=1S/C37H71NO6S/c1-3-5-7-9-11-13-15-16-17-18-19-20-22-24-26-28-30-32-36(40)37(41)38-34(33-45(42,43)44)35(39)31-29-27-25-23-21-14-12-10-8-6-4-2/h21,23,29,31,34-36,39-40H,3-20,22,24-28,30,32-33H2,1-2H3,(H,38,41)(H,42,43,44)/b23-21+,31-29+. The van der Waals surface area contributed by atoms with Crippen LogP contribution in [0.5, 0.6) is 0 Å². The molecule has 0 aliphatic carbocycles. The smallest absolute Gasteiger partial charge is 0.267 e. The zero-order chi connectivity index (χ0) is 33.4. The Morgan fingerprint density at radius 2 is 1.00 bits per heavy atom. The summed E-state index contributed by atoms with van der Waals surface area (Å²) in [5.74, 6) is -1.55. The molecule has 0 fully saturated rings. The van der Waals surface area contributed by atoms with E-state index in [0.29, 0.717) is 12.8 Å². The zero-order valence-electron chi connectivity index (χ0n) is 29.1. The van der Waals surface area contributed by atoms with Crippen molar-refractivity contribution in [2.45, 2.75) is 199 Å². The third-order valence-corrected chi connectivity index (χ3v) is 9.27. The second-order valence-corrected chi connectivity index (χ2v) is 14.5. The molecule has 0 aliphatic rings. The zero-order valence-corrected chi connectivity index (χ0v) is 29.9. The van der Waals surface area contributed by atoms with Gasteiger partial charge in [-0.2, -0.15) is 8.42 Å². The van der Waals surface area contributed by atoms with Crippen molar-refractivity contribution in [3.8, 4) is 0 Å². The van der Waals surface area contributed by atoms with Crippen molar-refractivity contribution < 1.29 is 28.0 Å². The van der Waals surface area contributed by atoms with Crippen LogP contribution < -0.4 is 5.32 Å². The number of hydrogen-bond donors (Lipinski definition) is 4. The molecule has 0 saturated carbocycles. The van der Waals surface area contributed by atoms with Gasteiger partial charge >= 0.3 is 0 Å². The molecule has 0 saturated heterocycles. The third-order valence-electron chi connectivity index (χ3n) is 8.49. The van der Waals surface area contributed by atoms with Gasteiger partial charge in [-0.05, 0) is 32.1 Å². The normalized spacial score (nSPS) is 14.3. The fraction of sp³-hybridized carbons (Fsp3) is 0.865. The van der Waals surface area contributed by atoms with Crippen molar-refractivity contribution in [3.05, 3.63) is 24.3 Å². The molecule has 3 atom stereocenters. The van der Waals surface area contributed by atoms with Gasteiger partial charge in [0.2, 0.25) is 5.91 Å². The van der Waals surface area contributed by atoms with Crippen molar-refractivity contribution in [2.75, 3.05) is 5.75 Å². The first-order valence-electron chi connectivity index (χ1n) is 18.6. The lowest BCUT2D eigenvalue weighted by Gasteiger charge is -2.22. The number of hydrogen-bond acceptors (Lipinski definition) is 5. The van der Waals surface area contributed by atoms with Gasteiger partial charge in [0.15, 0.2) is 0 Å². The van der Waals surface area contributed by atoms with E-state index in [2.05, 4.69) is 31.3 Å². The lowest BCUT2D eigenvalue weighted by Crippen LogP contribution is -2.50. The van der Waals surface area contributed by atoms with E-state index in [1.54, 1.807) is 6.08 Å². The van der Waals surface area contributed by atoms with Crippen LogP contribution in [0.25, 0.3) is 0 Å². The summed E-state index contributed by atoms with van der Waals surface area (Å²) in [6, 6.07) is -1.24. The first kappa shape index (κ1) is 43.8. The van der Waals surface area contributed by atoms with Crippen LogP contribution in [0.4, 0.5) is 0 Å². The van der Waals surface area contributed by atoms with Gasteiger partial charge in [-0.3, -0.25) is 9.35 Å². The van der Waals surface area contributed by atoms with E-state index in [-0.39, 0.29) is 6.42 Å². The molecule has 0 rings (SSSR count). The molecule has 8 heteroatoms. The van der Waals surface area contributed by atoms with Gasteiger partial charge in [0.05, 0.1) is 17.9 Å². The van der Waals surface area contributed by atoms with Crippen LogP contribution in [-0.4, -0.2) is 53.1 Å². The number of amides is 1. The maximum atomic E-state index is 12.5. The van der Waals surface area contributed by atoms with E-state index >= 15 is 0 Å². The monoisotopic (exact) mass is 658 g/mol. The molecule has 0 aromatic rings. The number of aliphatic hydroxyl groups excluding tert-OH is 2. The van der Waals surface area contributed by atoms with Crippen molar-refractivity contribution >= 4 is 16.0 Å². The summed E-state index contributed by atoms with van der Waals surface area (Å²) in [5.41, 5.74) is 0. The van der Waals surface area contributed by atoms with Crippen LogP contribution in [0.15, 0.2) is 24.3 Å². The molecule has 0 aliphatic heterocycles. The Labute approximate surface area is 277 Å². The van der Waals surface area contributed by atoms with Crippen LogP contribution in [0.2, 0.25) is 0 Å². The van der Waals surface area contributed by atoms with E-state index in [4.69, 9.17) is 0 Å². The number of allylic oxidation sites excluding steroid dienone is 3. The summed E-state index contributed by atoms with van der Waals surface area (Å²) in [4.78, 5) is 12.5. The Morgan fingerprint density at radius 3 is 1.47 bits per heavy atom. The number of rotatable bonds is 33. The predicted molar refractivity (Wildman–Crippen MR) is 190 cm³/mol. The van der Waals surface area contributed by atoms with Crippen molar-refractivity contribution in [3.63, 3.8) is 0 Å². The first-order chi connectivity index (χ1) is 21.7. The molecular weight excluding hydrogens is 586 g/mol. The minimum Gasteiger partial charge on any atom is -0.387 e. The summed E-state index contributed by atoms with van der Waals surface area (Å²) < 4.78 is 32.3. The highest BCUT2D eigenvalue weighted by molar-refractivity contribution is 7.85. The molecule has 266 valence electrons. The number of carbonyl (C=O) groups is 1. The first-order valence-corrected chi connectivity index (χ1v) is 20.3. The third kappa shape index (κ3) is 31.2. The van der Waals surface area contributed by atoms with E-state index < -0.39 is 40.0 Å². The number of unbranched alkanes of at least 4 members (excludes halogenated alkanes) is 22. The second-order valence-electron chi connectivity index (χ2n) is 13.0. The number of carbonyl (C=O) groups excluding carboxylic acids is 1. The van der Waals surface area contributed by atoms with E-state index in [0.717, 1.165) is 32.1 Å². The molecule has 7 nitrogen and oxygen atoms in total. The molecule has 0 aromatic heterocycles. The van der Waals surface area contributed by atoms with Crippen LogP contribution in [0.3, 0.4) is 0 Å². The summed E-state index contributed by atoms with van der Waals surface area (Å²) in [6.45, 7) is 4.46. The Kier molecular flexibility index (Phi) is 30.5. The molecule has 0 heterocycles. The van der Waals surface area contributed by atoms with Gasteiger partial charge in [0, 0.05) is 0 Å². The predicted octanol–water partition coefficient (Wildman–Crippen LogP) is 9.38. The van der Waals surface area contributed by atoms with Crippen molar-refractivity contribution in [1.82, 2.24) is 5.32 Å². The Balaban J connectivity index is 4.07. The van der Waals surface area contributed by atoms with E-state index in [9.17, 15) is 28.0 Å². The average molecular weight is 658 g/mol. The summed E-state index contributed by atoms with van der Waals surface area (Å²) in [7, 11) is -4.44. The highest BCUT2D eigenvalue weighted by Gasteiger charge is 2.27. The lowest BCUT2D eigenvalue weighted by atomic mass is 10.0. The van der Waals surface area contributed by atoms with Gasteiger partial charge in [0.1, 0.15) is 6.10 Å². The number of aliphatic hydroxyl groups is 2. The topological polar surface area (TPSA) is 124 Å². The van der Waals surface area contributed by atoms with Crippen molar-refractivity contribution in [1.29, 1.82) is 0 Å². The molecule has 0 aromatic carbocycles. The van der Waals surface area contributed by atoms with Gasteiger partial charge in [-0.15, -0.1) is 0 Å². The molecule has 4 N–H and O–H groups in total. The molecular formula is C37H71NO6S. The molecule has 0 radical (unpaired) electrons. The van der Waals surface area contributed by atoms with E-state index in [1.165, 1.54) is 122 Å². The maximum Gasteiger partial charge on any atom is 0.267 e. The fourth-order valence-corrected chi connectivity index (χ4v) is 6.32.